The highest BCUT2D eigenvalue weighted by Crippen LogP contribution is 2.38. The van der Waals surface area contributed by atoms with Gasteiger partial charge in [-0.3, -0.25) is 9.47 Å². The molecular formula is C22H23N5O2S. The van der Waals surface area contributed by atoms with Crippen LogP contribution in [0.4, 0.5) is 0 Å². The van der Waals surface area contributed by atoms with E-state index < -0.39 is 0 Å². The molecule has 1 aliphatic carbocycles. The Morgan fingerprint density at radius 3 is 2.83 bits per heavy atom. The van der Waals surface area contributed by atoms with Crippen molar-refractivity contribution in [3.8, 4) is 5.75 Å². The van der Waals surface area contributed by atoms with Crippen LogP contribution in [0.3, 0.4) is 0 Å². The van der Waals surface area contributed by atoms with Crippen LogP contribution >= 0.6 is 11.3 Å². The number of fused-ring (bicyclic) bond motifs is 5. The first-order chi connectivity index (χ1) is 14.7. The Bertz CT molecular complexity index is 1300. The summed E-state index contributed by atoms with van der Waals surface area (Å²) < 4.78 is 8.57. The summed E-state index contributed by atoms with van der Waals surface area (Å²) in [5, 5.41) is 5.34. The van der Waals surface area contributed by atoms with Crippen molar-refractivity contribution >= 4 is 27.2 Å². The molecule has 7 nitrogen and oxygen atoms in total. The first-order valence-electron chi connectivity index (χ1n) is 10.4. The molecule has 8 heteroatoms. The third-order valence-corrected chi connectivity index (χ3v) is 7.50. The van der Waals surface area contributed by atoms with Gasteiger partial charge < -0.3 is 4.74 Å². The van der Waals surface area contributed by atoms with Crippen LogP contribution in [0.2, 0.25) is 0 Å². The highest BCUT2D eigenvalue weighted by atomic mass is 32.1. The van der Waals surface area contributed by atoms with E-state index in [2.05, 4.69) is 15.0 Å². The smallest absolute Gasteiger partial charge is 0.352 e. The van der Waals surface area contributed by atoms with Crippen LogP contribution in [0, 0.1) is 5.92 Å². The van der Waals surface area contributed by atoms with E-state index in [0.717, 1.165) is 47.0 Å². The van der Waals surface area contributed by atoms with Crippen molar-refractivity contribution in [2.75, 3.05) is 20.2 Å². The molecule has 4 heterocycles. The summed E-state index contributed by atoms with van der Waals surface area (Å²) in [7, 11) is 1.66. The summed E-state index contributed by atoms with van der Waals surface area (Å²) in [4.78, 5) is 22.7. The maximum absolute atomic E-state index is 13.3. The van der Waals surface area contributed by atoms with E-state index in [0.29, 0.717) is 12.2 Å². The van der Waals surface area contributed by atoms with Gasteiger partial charge >= 0.3 is 5.69 Å². The molecule has 154 valence electrons. The Labute approximate surface area is 177 Å². The monoisotopic (exact) mass is 421 g/mol. The van der Waals surface area contributed by atoms with Crippen molar-refractivity contribution < 1.29 is 4.74 Å². The standard InChI is InChI=1S/C22H23N5O2S/c1-29-16-6-4-15(5-7-16)11-26-21-19(20-23-13-24-27(20)22(26)28)17-8-9-25(10-14-2-3-14)12-18(17)30-21/h4-7,13-14H,2-3,8-12H2,1H3. The number of hydrogen-bond acceptors (Lipinski definition) is 6. The second-order valence-corrected chi connectivity index (χ2v) is 9.41. The number of benzene rings is 1. The van der Waals surface area contributed by atoms with Crippen molar-refractivity contribution in [1.29, 1.82) is 0 Å². The van der Waals surface area contributed by atoms with Crippen LogP contribution < -0.4 is 10.4 Å². The van der Waals surface area contributed by atoms with E-state index in [4.69, 9.17) is 4.74 Å². The van der Waals surface area contributed by atoms with Gasteiger partial charge in [-0.25, -0.2) is 9.78 Å². The summed E-state index contributed by atoms with van der Waals surface area (Å²) in [6, 6.07) is 7.88. The predicted octanol–water partition coefficient (Wildman–Crippen LogP) is 2.93. The number of methoxy groups -OCH3 is 1. The van der Waals surface area contributed by atoms with Crippen LogP contribution in [0.1, 0.15) is 28.8 Å². The average molecular weight is 422 g/mol. The topological polar surface area (TPSA) is 64.7 Å². The fraction of sp³-hybridized carbons (Fsp3) is 0.409. The van der Waals surface area contributed by atoms with E-state index in [1.165, 1.54) is 40.7 Å². The van der Waals surface area contributed by atoms with Gasteiger partial charge in [0.15, 0.2) is 5.65 Å². The number of aromatic nitrogens is 4. The van der Waals surface area contributed by atoms with Gasteiger partial charge in [0.05, 0.1) is 19.0 Å². The molecule has 1 aliphatic heterocycles. The van der Waals surface area contributed by atoms with Crippen molar-refractivity contribution in [3.05, 3.63) is 57.1 Å². The summed E-state index contributed by atoms with van der Waals surface area (Å²) in [5.74, 6) is 1.70. The van der Waals surface area contributed by atoms with E-state index in [-0.39, 0.29) is 5.69 Å². The number of ether oxygens (including phenoxy) is 1. The van der Waals surface area contributed by atoms with Crippen LogP contribution in [0.25, 0.3) is 15.9 Å². The van der Waals surface area contributed by atoms with Crippen LogP contribution in [-0.2, 0) is 19.5 Å². The lowest BCUT2D eigenvalue weighted by molar-refractivity contribution is 0.247. The molecule has 6 rings (SSSR count). The second-order valence-electron chi connectivity index (χ2n) is 8.32. The molecule has 1 aromatic carbocycles. The normalized spacial score (nSPS) is 17.0. The van der Waals surface area contributed by atoms with Crippen molar-refractivity contribution in [3.63, 3.8) is 0 Å². The molecule has 0 atom stereocenters. The van der Waals surface area contributed by atoms with Gasteiger partial charge in [-0.05, 0) is 48.4 Å². The minimum Gasteiger partial charge on any atom is -0.497 e. The van der Waals surface area contributed by atoms with Crippen LogP contribution in [-0.4, -0.2) is 44.3 Å². The molecule has 2 aliphatic rings. The molecule has 0 bridgehead atoms. The van der Waals surface area contributed by atoms with Crippen molar-refractivity contribution in [2.24, 2.45) is 5.92 Å². The maximum atomic E-state index is 13.3. The molecule has 4 aromatic rings. The second kappa shape index (κ2) is 6.92. The number of thiophene rings is 1. The zero-order valence-corrected chi connectivity index (χ0v) is 17.7. The molecular weight excluding hydrogens is 398 g/mol. The number of nitrogens with zero attached hydrogens (tertiary/aromatic N) is 5. The molecule has 0 radical (unpaired) electrons. The lowest BCUT2D eigenvalue weighted by Crippen LogP contribution is -2.31. The van der Waals surface area contributed by atoms with E-state index in [1.807, 2.05) is 28.8 Å². The van der Waals surface area contributed by atoms with Crippen molar-refractivity contribution in [2.45, 2.75) is 32.4 Å². The fourth-order valence-electron chi connectivity index (χ4n) is 4.49. The first-order valence-corrected chi connectivity index (χ1v) is 11.2. The third kappa shape index (κ3) is 2.94. The van der Waals surface area contributed by atoms with E-state index in [1.54, 1.807) is 18.4 Å². The van der Waals surface area contributed by atoms with E-state index >= 15 is 0 Å². The molecule has 1 fully saturated rings. The summed E-state index contributed by atoms with van der Waals surface area (Å²) >= 11 is 1.75. The largest absolute Gasteiger partial charge is 0.497 e. The Morgan fingerprint density at radius 2 is 2.07 bits per heavy atom. The van der Waals surface area contributed by atoms with Gasteiger partial charge in [-0.1, -0.05) is 12.1 Å². The summed E-state index contributed by atoms with van der Waals surface area (Å²) in [5.41, 5.74) is 2.96. The molecule has 0 saturated heterocycles. The lowest BCUT2D eigenvalue weighted by Gasteiger charge is -2.26. The number of hydrogen-bond donors (Lipinski definition) is 0. The Hall–Kier alpha value is -2.71. The van der Waals surface area contributed by atoms with Crippen LogP contribution in [0.5, 0.6) is 5.75 Å². The van der Waals surface area contributed by atoms with Gasteiger partial charge in [-0.15, -0.1) is 11.3 Å². The summed E-state index contributed by atoms with van der Waals surface area (Å²) in [6.07, 6.45) is 5.24. The highest BCUT2D eigenvalue weighted by Gasteiger charge is 2.29. The van der Waals surface area contributed by atoms with Gasteiger partial charge in [-0.2, -0.15) is 9.61 Å². The highest BCUT2D eigenvalue weighted by molar-refractivity contribution is 7.19. The van der Waals surface area contributed by atoms with E-state index in [9.17, 15) is 4.79 Å². The van der Waals surface area contributed by atoms with Crippen molar-refractivity contribution in [1.82, 2.24) is 24.1 Å². The third-order valence-electron chi connectivity index (χ3n) is 6.26. The van der Waals surface area contributed by atoms with Crippen LogP contribution in [0.15, 0.2) is 35.4 Å². The lowest BCUT2D eigenvalue weighted by atomic mass is 10.0. The quantitative estimate of drug-likeness (QED) is 0.496. The predicted molar refractivity (Wildman–Crippen MR) is 116 cm³/mol. The van der Waals surface area contributed by atoms with Gasteiger partial charge in [0, 0.05) is 24.5 Å². The Morgan fingerprint density at radius 1 is 1.23 bits per heavy atom. The zero-order valence-electron chi connectivity index (χ0n) is 16.9. The maximum Gasteiger partial charge on any atom is 0.352 e. The van der Waals surface area contributed by atoms with Gasteiger partial charge in [0.1, 0.15) is 16.9 Å². The average Bonchev–Trinajstić information content (AvgIpc) is 3.30. The minimum absolute atomic E-state index is 0.140. The fourth-order valence-corrected chi connectivity index (χ4v) is 5.87. The Balaban J connectivity index is 1.48. The zero-order chi connectivity index (χ0) is 20.2. The first kappa shape index (κ1) is 18.1. The summed E-state index contributed by atoms with van der Waals surface area (Å²) in [6.45, 7) is 3.75. The molecule has 30 heavy (non-hydrogen) atoms. The molecule has 1 saturated carbocycles. The molecule has 0 spiro atoms. The molecule has 0 amide bonds. The molecule has 3 aromatic heterocycles. The Kier molecular flexibility index (Phi) is 4.17. The minimum atomic E-state index is -0.140. The van der Waals surface area contributed by atoms with Gasteiger partial charge in [0.2, 0.25) is 0 Å². The molecule has 0 unspecified atom stereocenters. The van der Waals surface area contributed by atoms with Gasteiger partial charge in [0.25, 0.3) is 0 Å². The SMILES string of the molecule is COc1ccc(Cn2c(=O)n3ncnc3c3c4c(sc32)CN(CC2CC2)CC4)cc1. The number of rotatable bonds is 5. The molecule has 0 N–H and O–H groups in total.